The van der Waals surface area contributed by atoms with E-state index in [4.69, 9.17) is 0 Å². The topological polar surface area (TPSA) is 9.34 Å². The van der Waals surface area contributed by atoms with Gasteiger partial charge in [-0.2, -0.15) is 0 Å². The largest absolute Gasteiger partial charge is 0.308 e. The number of benzene rings is 5. The molecule has 3 heterocycles. The van der Waals surface area contributed by atoms with Crippen molar-refractivity contribution in [1.29, 1.82) is 0 Å². The molecule has 0 unspecified atom stereocenters. The second-order valence-corrected chi connectivity index (χ2v) is 9.72. The van der Waals surface area contributed by atoms with Crippen LogP contribution in [0, 0.1) is 0 Å². The lowest BCUT2D eigenvalue weighted by molar-refractivity contribution is 1.36. The lowest BCUT2D eigenvalue weighted by Gasteiger charge is -2.09. The first kappa shape index (κ1) is 17.9. The predicted molar refractivity (Wildman–Crippen MR) is 149 cm³/mol. The summed E-state index contributed by atoms with van der Waals surface area (Å²) in [5.74, 6) is 0. The Bertz CT molecular complexity index is 2030. The molecule has 5 aromatic carbocycles. The van der Waals surface area contributed by atoms with E-state index in [9.17, 15) is 0 Å². The molecule has 0 amide bonds. The molecule has 0 saturated heterocycles. The number of aromatic nitrogens is 2. The molecule has 2 nitrogen and oxygen atoms in total. The summed E-state index contributed by atoms with van der Waals surface area (Å²) in [7, 11) is 0. The van der Waals surface area contributed by atoms with Gasteiger partial charge in [0, 0.05) is 26.9 Å². The number of fused-ring (bicyclic) bond motifs is 6. The molecule has 0 radical (unpaired) electrons. The van der Waals surface area contributed by atoms with Crippen molar-refractivity contribution < 1.29 is 0 Å². The Morgan fingerprint density at radius 2 is 1.15 bits per heavy atom. The molecule has 0 aliphatic rings. The summed E-state index contributed by atoms with van der Waals surface area (Å²) in [6, 6.07) is 37.7. The zero-order chi connectivity index (χ0) is 21.7. The van der Waals surface area contributed by atoms with Crippen molar-refractivity contribution in [2.45, 2.75) is 0 Å². The van der Waals surface area contributed by atoms with Gasteiger partial charge < -0.3 is 4.40 Å². The van der Waals surface area contributed by atoms with Crippen LogP contribution in [0.25, 0.3) is 71.0 Å². The highest BCUT2D eigenvalue weighted by molar-refractivity contribution is 14.1. The Kier molecular flexibility index (Phi) is 3.40. The average molecular weight is 532 g/mol. The Morgan fingerprint density at radius 3 is 2.06 bits per heavy atom. The van der Waals surface area contributed by atoms with Crippen LogP contribution >= 0.6 is 22.9 Å². The maximum Gasteiger partial charge on any atom is 0.0646 e. The molecule has 0 saturated carbocycles. The average Bonchev–Trinajstić information content (AvgIpc) is 3.31. The van der Waals surface area contributed by atoms with Crippen molar-refractivity contribution in [2.75, 3.05) is 0 Å². The van der Waals surface area contributed by atoms with Gasteiger partial charge in [0.15, 0.2) is 0 Å². The normalized spacial score (nSPS) is 12.4. The molecule has 3 aromatic heterocycles. The Morgan fingerprint density at radius 1 is 0.455 bits per heavy atom. The van der Waals surface area contributed by atoms with Gasteiger partial charge in [0.25, 0.3) is 0 Å². The monoisotopic (exact) mass is 532 g/mol. The standard InChI is InChI=1S/C30H17IN2/c31-33-25-15-7-12-22-27-19(18-8-2-1-3-9-18)11-6-14-24(27)32-23-13-5-4-10-20(23)21-16-17-26(33)29(28(22)25)30(21)32/h1-17H. The van der Waals surface area contributed by atoms with Gasteiger partial charge in [-0.3, -0.25) is 2.78 Å². The van der Waals surface area contributed by atoms with E-state index in [1.54, 1.807) is 0 Å². The van der Waals surface area contributed by atoms with Crippen molar-refractivity contribution in [1.82, 2.24) is 7.18 Å². The smallest absolute Gasteiger partial charge is 0.0646 e. The van der Waals surface area contributed by atoms with E-state index in [0.29, 0.717) is 0 Å². The van der Waals surface area contributed by atoms with E-state index in [2.05, 4.69) is 133 Å². The van der Waals surface area contributed by atoms with E-state index in [0.717, 1.165) is 0 Å². The number of nitrogens with zero attached hydrogens (tertiary/aromatic N) is 2. The van der Waals surface area contributed by atoms with Crippen LogP contribution in [0.5, 0.6) is 0 Å². The zero-order valence-electron chi connectivity index (χ0n) is 17.6. The third-order valence-electron chi connectivity index (χ3n) is 7.17. The highest BCUT2D eigenvalue weighted by atomic mass is 127. The highest BCUT2D eigenvalue weighted by Gasteiger charge is 2.22. The molecule has 8 rings (SSSR count). The SMILES string of the molecule is In1c2cccc3c4c(-c5ccccc5)cccc4n4c5ccccc5c5ccc1c(c32)c54. The first-order valence-corrected chi connectivity index (χ1v) is 12.1. The summed E-state index contributed by atoms with van der Waals surface area (Å²) < 4.78 is 4.83. The molecule has 3 heteroatoms. The van der Waals surface area contributed by atoms with Crippen LogP contribution < -0.4 is 0 Å². The van der Waals surface area contributed by atoms with Gasteiger partial charge in [-0.25, -0.2) is 0 Å². The second kappa shape index (κ2) is 6.27. The summed E-state index contributed by atoms with van der Waals surface area (Å²) in [6.07, 6.45) is 0. The van der Waals surface area contributed by atoms with Gasteiger partial charge in [0.05, 0.1) is 50.4 Å². The quantitative estimate of drug-likeness (QED) is 0.187. The van der Waals surface area contributed by atoms with Crippen LogP contribution in [0.2, 0.25) is 0 Å². The zero-order valence-corrected chi connectivity index (χ0v) is 19.7. The number of halogens is 1. The molecule has 0 spiro atoms. The minimum atomic E-state index is 1.25. The Balaban J connectivity index is 1.84. The lowest BCUT2D eigenvalue weighted by atomic mass is 9.97. The predicted octanol–water partition coefficient (Wildman–Crippen LogP) is 8.81. The van der Waals surface area contributed by atoms with Gasteiger partial charge in [0.1, 0.15) is 0 Å². The first-order chi connectivity index (χ1) is 16.3. The maximum atomic E-state index is 2.50. The number of rotatable bonds is 1. The number of para-hydroxylation sites is 1. The third-order valence-corrected chi connectivity index (χ3v) is 8.21. The van der Waals surface area contributed by atoms with Crippen molar-refractivity contribution in [2.24, 2.45) is 0 Å². The fourth-order valence-electron chi connectivity index (χ4n) is 5.88. The van der Waals surface area contributed by atoms with Crippen LogP contribution in [0.3, 0.4) is 0 Å². The molecule has 154 valence electrons. The minimum Gasteiger partial charge on any atom is -0.308 e. The van der Waals surface area contributed by atoms with Gasteiger partial charge in [-0.15, -0.1) is 0 Å². The van der Waals surface area contributed by atoms with E-state index in [1.165, 1.54) is 71.0 Å². The third kappa shape index (κ3) is 2.14. The van der Waals surface area contributed by atoms with Gasteiger partial charge in [-0.1, -0.05) is 78.9 Å². The van der Waals surface area contributed by atoms with Crippen molar-refractivity contribution in [3.63, 3.8) is 0 Å². The molecule has 0 fully saturated rings. The molecule has 0 atom stereocenters. The lowest BCUT2D eigenvalue weighted by Crippen LogP contribution is -1.88. The van der Waals surface area contributed by atoms with Crippen molar-refractivity contribution in [3.8, 4) is 11.1 Å². The molecule has 33 heavy (non-hydrogen) atoms. The van der Waals surface area contributed by atoms with E-state index < -0.39 is 0 Å². The van der Waals surface area contributed by atoms with Gasteiger partial charge >= 0.3 is 0 Å². The van der Waals surface area contributed by atoms with Gasteiger partial charge in [0.2, 0.25) is 0 Å². The second-order valence-electron chi connectivity index (χ2n) is 8.75. The molecular formula is C30H17IN2. The fourth-order valence-corrected chi connectivity index (χ4v) is 6.68. The summed E-state index contributed by atoms with van der Waals surface area (Å²) in [4.78, 5) is 0. The fraction of sp³-hybridized carbons (Fsp3) is 0. The van der Waals surface area contributed by atoms with Crippen LogP contribution in [0.4, 0.5) is 0 Å². The molecule has 8 aromatic rings. The minimum absolute atomic E-state index is 1.25. The molecular weight excluding hydrogens is 515 g/mol. The first-order valence-electron chi connectivity index (χ1n) is 11.2. The maximum absolute atomic E-state index is 2.50. The van der Waals surface area contributed by atoms with Crippen LogP contribution in [-0.2, 0) is 0 Å². The van der Waals surface area contributed by atoms with E-state index in [-0.39, 0.29) is 0 Å². The molecule has 0 aliphatic carbocycles. The molecule has 0 N–H and O–H groups in total. The molecule has 0 aliphatic heterocycles. The summed E-state index contributed by atoms with van der Waals surface area (Å²) >= 11 is 2.46. The van der Waals surface area contributed by atoms with Crippen molar-refractivity contribution in [3.05, 3.63) is 103 Å². The van der Waals surface area contributed by atoms with E-state index in [1.807, 2.05) is 0 Å². The van der Waals surface area contributed by atoms with Crippen LogP contribution in [0.15, 0.2) is 103 Å². The van der Waals surface area contributed by atoms with Crippen LogP contribution in [-0.4, -0.2) is 7.18 Å². The van der Waals surface area contributed by atoms with Gasteiger partial charge in [-0.05, 0) is 40.8 Å². The number of hydrogen-bond acceptors (Lipinski definition) is 0. The van der Waals surface area contributed by atoms with Crippen LogP contribution in [0.1, 0.15) is 0 Å². The van der Waals surface area contributed by atoms with Crippen molar-refractivity contribution >= 4 is 82.8 Å². The number of hydrogen-bond donors (Lipinski definition) is 0. The summed E-state index contributed by atoms with van der Waals surface area (Å²) in [5, 5.41) is 7.92. The Hall–Kier alpha value is -3.57. The molecule has 0 bridgehead atoms. The Labute approximate surface area is 203 Å². The van der Waals surface area contributed by atoms with E-state index >= 15 is 0 Å². The summed E-state index contributed by atoms with van der Waals surface area (Å²) in [6.45, 7) is 0. The summed E-state index contributed by atoms with van der Waals surface area (Å²) in [5.41, 5.74) is 8.87. The highest BCUT2D eigenvalue weighted by Crippen LogP contribution is 2.46.